The lowest BCUT2D eigenvalue weighted by molar-refractivity contribution is -0.151. The highest BCUT2D eigenvalue weighted by molar-refractivity contribution is 5.74. The van der Waals surface area contributed by atoms with Crippen LogP contribution in [-0.2, 0) is 16.8 Å². The third kappa shape index (κ3) is 3.20. The Balaban J connectivity index is 2.03. The maximum absolute atomic E-state index is 11.3. The van der Waals surface area contributed by atoms with Gasteiger partial charge in [-0.2, -0.15) is 0 Å². The van der Waals surface area contributed by atoms with Crippen molar-refractivity contribution in [1.29, 1.82) is 0 Å². The van der Waals surface area contributed by atoms with Crippen LogP contribution in [0.1, 0.15) is 52.2 Å². The molecule has 0 saturated carbocycles. The van der Waals surface area contributed by atoms with E-state index in [-0.39, 0.29) is 5.41 Å². The first-order chi connectivity index (χ1) is 9.21. The average molecular weight is 280 g/mol. The summed E-state index contributed by atoms with van der Waals surface area (Å²) in [5.74, 6) is 0.819. The minimum atomic E-state index is -0.718. The Morgan fingerprint density at radius 2 is 2.25 bits per heavy atom. The summed E-state index contributed by atoms with van der Waals surface area (Å²) >= 11 is 0. The Bertz CT molecular complexity index is 490. The van der Waals surface area contributed by atoms with Crippen LogP contribution in [0.25, 0.3) is 0 Å². The summed E-state index contributed by atoms with van der Waals surface area (Å²) in [6, 6.07) is 0. The van der Waals surface area contributed by atoms with Gasteiger partial charge in [-0.25, -0.2) is 4.98 Å². The molecule has 2 rings (SSSR count). The van der Waals surface area contributed by atoms with Crippen LogP contribution in [-0.4, -0.2) is 34.0 Å². The van der Waals surface area contributed by atoms with Crippen LogP contribution in [0.5, 0.6) is 0 Å². The number of hydrogen-bond donors (Lipinski definition) is 1. The summed E-state index contributed by atoms with van der Waals surface area (Å²) in [6.45, 7) is 10.1. The number of rotatable bonds is 3. The molecule has 0 aromatic carbocycles. The molecular formula is C15H24N2O3. The van der Waals surface area contributed by atoms with Crippen LogP contribution in [0, 0.1) is 5.41 Å². The van der Waals surface area contributed by atoms with Gasteiger partial charge in [-0.1, -0.05) is 20.8 Å². The Kier molecular flexibility index (Phi) is 3.91. The van der Waals surface area contributed by atoms with Crippen molar-refractivity contribution in [3.8, 4) is 0 Å². The molecule has 0 amide bonds. The number of hydrogen-bond acceptors (Lipinski definition) is 4. The highest BCUT2D eigenvalue weighted by Gasteiger charge is 2.38. The smallest absolute Gasteiger partial charge is 0.310 e. The number of carboxylic acids is 1. The zero-order valence-electron chi connectivity index (χ0n) is 12.8. The molecule has 1 aliphatic heterocycles. The van der Waals surface area contributed by atoms with Gasteiger partial charge in [-0.3, -0.25) is 9.69 Å². The quantitative estimate of drug-likeness (QED) is 0.922. The molecule has 0 spiro atoms. The fourth-order valence-electron chi connectivity index (χ4n) is 2.58. The molecule has 2 heterocycles. The Morgan fingerprint density at radius 3 is 2.80 bits per heavy atom. The standard InChI is InChI=1S/C15H24N2O3/c1-14(2,3)11-8-16-12(20-11)9-17-7-5-6-15(4,10-17)13(18)19/h8H,5-7,9-10H2,1-4H3,(H,18,19). The molecule has 0 radical (unpaired) electrons. The molecule has 5 heteroatoms. The van der Waals surface area contributed by atoms with Crippen molar-refractivity contribution in [3.63, 3.8) is 0 Å². The summed E-state index contributed by atoms with van der Waals surface area (Å²) in [6.07, 6.45) is 3.41. The van der Waals surface area contributed by atoms with E-state index in [1.165, 1.54) is 0 Å². The number of aliphatic carboxylic acids is 1. The summed E-state index contributed by atoms with van der Waals surface area (Å²) in [5, 5.41) is 9.33. The van der Waals surface area contributed by atoms with Gasteiger partial charge in [0.2, 0.25) is 5.89 Å². The minimum Gasteiger partial charge on any atom is -0.481 e. The molecule has 1 unspecified atom stereocenters. The van der Waals surface area contributed by atoms with Crippen molar-refractivity contribution in [2.75, 3.05) is 13.1 Å². The van der Waals surface area contributed by atoms with E-state index in [2.05, 4.69) is 30.7 Å². The van der Waals surface area contributed by atoms with Crippen LogP contribution in [0.15, 0.2) is 10.6 Å². The maximum atomic E-state index is 11.3. The molecule has 0 aliphatic carbocycles. The predicted octanol–water partition coefficient (Wildman–Crippen LogP) is 2.66. The monoisotopic (exact) mass is 280 g/mol. The van der Waals surface area contributed by atoms with E-state index in [4.69, 9.17) is 4.42 Å². The van der Waals surface area contributed by atoms with Crippen molar-refractivity contribution >= 4 is 5.97 Å². The van der Waals surface area contributed by atoms with Crippen molar-refractivity contribution < 1.29 is 14.3 Å². The lowest BCUT2D eigenvalue weighted by atomic mass is 9.82. The Morgan fingerprint density at radius 1 is 1.55 bits per heavy atom. The minimum absolute atomic E-state index is 0.0529. The van der Waals surface area contributed by atoms with Gasteiger partial charge < -0.3 is 9.52 Å². The zero-order chi connectivity index (χ0) is 15.0. The van der Waals surface area contributed by atoms with Gasteiger partial charge in [-0.05, 0) is 26.3 Å². The fourth-order valence-corrected chi connectivity index (χ4v) is 2.58. The van der Waals surface area contributed by atoms with E-state index >= 15 is 0 Å². The molecule has 1 atom stereocenters. The summed E-state index contributed by atoms with van der Waals surface area (Å²) < 4.78 is 5.78. The first-order valence-electron chi connectivity index (χ1n) is 7.12. The lowest BCUT2D eigenvalue weighted by Crippen LogP contribution is -2.45. The van der Waals surface area contributed by atoms with E-state index in [0.717, 1.165) is 25.1 Å². The van der Waals surface area contributed by atoms with Crippen molar-refractivity contribution in [2.45, 2.75) is 52.5 Å². The van der Waals surface area contributed by atoms with Gasteiger partial charge >= 0.3 is 5.97 Å². The van der Waals surface area contributed by atoms with Crippen LogP contribution >= 0.6 is 0 Å². The van der Waals surface area contributed by atoms with Gasteiger partial charge in [0, 0.05) is 12.0 Å². The summed E-state index contributed by atoms with van der Waals surface area (Å²) in [7, 11) is 0. The molecule has 112 valence electrons. The third-order valence-corrected chi connectivity index (χ3v) is 3.94. The average Bonchev–Trinajstić information content (AvgIpc) is 2.77. The number of nitrogens with zero attached hydrogens (tertiary/aromatic N) is 2. The second kappa shape index (κ2) is 5.20. The van der Waals surface area contributed by atoms with E-state index < -0.39 is 11.4 Å². The van der Waals surface area contributed by atoms with Crippen molar-refractivity contribution in [3.05, 3.63) is 17.8 Å². The highest BCUT2D eigenvalue weighted by atomic mass is 16.4. The van der Waals surface area contributed by atoms with E-state index in [0.29, 0.717) is 19.0 Å². The van der Waals surface area contributed by atoms with E-state index in [1.807, 2.05) is 6.92 Å². The van der Waals surface area contributed by atoms with Gasteiger partial charge in [0.15, 0.2) is 0 Å². The topological polar surface area (TPSA) is 66.6 Å². The molecule has 20 heavy (non-hydrogen) atoms. The molecule has 1 N–H and O–H groups in total. The van der Waals surface area contributed by atoms with E-state index in [9.17, 15) is 9.90 Å². The number of likely N-dealkylation sites (tertiary alicyclic amines) is 1. The summed E-state index contributed by atoms with van der Waals surface area (Å²) in [5.41, 5.74) is -0.708. The first kappa shape index (κ1) is 15.0. The van der Waals surface area contributed by atoms with Crippen LogP contribution in [0.4, 0.5) is 0 Å². The van der Waals surface area contributed by atoms with Crippen LogP contribution in [0.3, 0.4) is 0 Å². The highest BCUT2D eigenvalue weighted by Crippen LogP contribution is 2.31. The van der Waals surface area contributed by atoms with Crippen LogP contribution in [0.2, 0.25) is 0 Å². The molecule has 0 bridgehead atoms. The van der Waals surface area contributed by atoms with E-state index in [1.54, 1.807) is 6.20 Å². The molecule has 1 aromatic rings. The first-order valence-corrected chi connectivity index (χ1v) is 7.12. The van der Waals surface area contributed by atoms with Gasteiger partial charge in [0.1, 0.15) is 5.76 Å². The number of carbonyl (C=O) groups is 1. The number of oxazole rings is 1. The van der Waals surface area contributed by atoms with Gasteiger partial charge in [-0.15, -0.1) is 0 Å². The second-order valence-electron chi connectivity index (χ2n) is 7.05. The third-order valence-electron chi connectivity index (χ3n) is 3.94. The lowest BCUT2D eigenvalue weighted by Gasteiger charge is -2.36. The normalized spacial score (nSPS) is 24.8. The Hall–Kier alpha value is -1.36. The van der Waals surface area contributed by atoms with Gasteiger partial charge in [0.25, 0.3) is 0 Å². The molecule has 1 saturated heterocycles. The summed E-state index contributed by atoms with van der Waals surface area (Å²) in [4.78, 5) is 17.8. The maximum Gasteiger partial charge on any atom is 0.310 e. The second-order valence-corrected chi connectivity index (χ2v) is 7.05. The molecule has 1 aliphatic rings. The number of carboxylic acid groups (broad SMARTS) is 1. The predicted molar refractivity (Wildman–Crippen MR) is 75.5 cm³/mol. The number of piperidine rings is 1. The molecular weight excluding hydrogens is 256 g/mol. The molecule has 1 fully saturated rings. The largest absolute Gasteiger partial charge is 0.481 e. The molecule has 1 aromatic heterocycles. The number of aromatic nitrogens is 1. The van der Waals surface area contributed by atoms with Crippen LogP contribution < -0.4 is 0 Å². The SMILES string of the molecule is CC1(C(=O)O)CCCN(Cc2ncc(C(C)(C)C)o2)C1. The zero-order valence-corrected chi connectivity index (χ0v) is 12.8. The van der Waals surface area contributed by atoms with Crippen molar-refractivity contribution in [2.24, 2.45) is 5.41 Å². The Labute approximate surface area is 120 Å². The fraction of sp³-hybridized carbons (Fsp3) is 0.733. The molecule has 5 nitrogen and oxygen atoms in total. The van der Waals surface area contributed by atoms with Crippen molar-refractivity contribution in [1.82, 2.24) is 9.88 Å². The van der Waals surface area contributed by atoms with Gasteiger partial charge in [0.05, 0.1) is 18.2 Å².